The zero-order valence-corrected chi connectivity index (χ0v) is 13.3. The van der Waals surface area contributed by atoms with Crippen LogP contribution < -0.4 is 0 Å². The molecule has 1 amide bonds. The van der Waals surface area contributed by atoms with Crippen LogP contribution in [0.5, 0.6) is 0 Å². The molecule has 0 spiro atoms. The second-order valence-electron chi connectivity index (χ2n) is 6.31. The summed E-state index contributed by atoms with van der Waals surface area (Å²) in [5.74, 6) is 2.46. The predicted molar refractivity (Wildman–Crippen MR) is 78.8 cm³/mol. The summed E-state index contributed by atoms with van der Waals surface area (Å²) in [4.78, 5) is 14.7. The number of hydrogen-bond donors (Lipinski definition) is 0. The van der Waals surface area contributed by atoms with Crippen molar-refractivity contribution >= 4 is 21.8 Å². The highest BCUT2D eigenvalue weighted by Gasteiger charge is 2.35. The summed E-state index contributed by atoms with van der Waals surface area (Å²) < 4.78 is 0. The second-order valence-corrected chi connectivity index (χ2v) is 7.88. The van der Waals surface area contributed by atoms with Crippen LogP contribution in [0.15, 0.2) is 0 Å². The van der Waals surface area contributed by atoms with Crippen molar-refractivity contribution in [1.82, 2.24) is 4.90 Å². The molecule has 4 atom stereocenters. The van der Waals surface area contributed by atoms with E-state index in [1.165, 1.54) is 32.1 Å². The van der Waals surface area contributed by atoms with Crippen LogP contribution in [-0.4, -0.2) is 29.2 Å². The Kier molecular flexibility index (Phi) is 5.11. The van der Waals surface area contributed by atoms with Gasteiger partial charge in [0.15, 0.2) is 0 Å². The molecule has 2 saturated carbocycles. The summed E-state index contributed by atoms with van der Waals surface area (Å²) in [6, 6.07) is 0. The van der Waals surface area contributed by atoms with E-state index >= 15 is 0 Å². The van der Waals surface area contributed by atoms with Crippen molar-refractivity contribution in [3.05, 3.63) is 0 Å². The minimum atomic E-state index is 0.306. The van der Waals surface area contributed by atoms with Crippen LogP contribution in [0.3, 0.4) is 0 Å². The smallest absolute Gasteiger partial charge is 0.225 e. The summed E-state index contributed by atoms with van der Waals surface area (Å²) >= 11 is 3.53. The first kappa shape index (κ1) is 14.4. The lowest BCUT2D eigenvalue weighted by molar-refractivity contribution is -0.136. The van der Waals surface area contributed by atoms with Crippen LogP contribution in [0.4, 0.5) is 0 Å². The maximum atomic E-state index is 12.4. The quantitative estimate of drug-likeness (QED) is 0.725. The molecule has 2 fully saturated rings. The normalized spacial score (nSPS) is 33.6. The standard InChI is InChI=1S/C15H26BrNO/c1-11(16)10-17(2)15(18)14-8-7-12-5-3-4-6-13(12)9-14/h11-14H,3-10H2,1-2H3. The van der Waals surface area contributed by atoms with Crippen molar-refractivity contribution < 1.29 is 4.79 Å². The molecule has 4 unspecified atom stereocenters. The van der Waals surface area contributed by atoms with Crippen LogP contribution >= 0.6 is 15.9 Å². The van der Waals surface area contributed by atoms with Gasteiger partial charge < -0.3 is 4.90 Å². The fraction of sp³-hybridized carbons (Fsp3) is 0.933. The van der Waals surface area contributed by atoms with Gasteiger partial charge in [-0.2, -0.15) is 0 Å². The average Bonchev–Trinajstić information content (AvgIpc) is 2.36. The van der Waals surface area contributed by atoms with Crippen molar-refractivity contribution in [1.29, 1.82) is 0 Å². The molecule has 0 saturated heterocycles. The van der Waals surface area contributed by atoms with Gasteiger partial charge in [0, 0.05) is 24.3 Å². The highest BCUT2D eigenvalue weighted by molar-refractivity contribution is 9.09. The highest BCUT2D eigenvalue weighted by Crippen LogP contribution is 2.43. The first-order chi connectivity index (χ1) is 8.58. The number of carbonyl (C=O) groups is 1. The third kappa shape index (κ3) is 3.49. The third-order valence-corrected chi connectivity index (χ3v) is 5.08. The molecule has 0 aliphatic heterocycles. The molecule has 3 heteroatoms. The zero-order valence-electron chi connectivity index (χ0n) is 11.7. The summed E-state index contributed by atoms with van der Waals surface area (Å²) in [5, 5.41) is 0. The van der Waals surface area contributed by atoms with Crippen LogP contribution in [0.1, 0.15) is 51.9 Å². The molecule has 0 aromatic heterocycles. The third-order valence-electron chi connectivity index (χ3n) is 4.79. The van der Waals surface area contributed by atoms with Crippen molar-refractivity contribution in [2.24, 2.45) is 17.8 Å². The van der Waals surface area contributed by atoms with Gasteiger partial charge in [-0.1, -0.05) is 48.5 Å². The van der Waals surface area contributed by atoms with E-state index in [4.69, 9.17) is 0 Å². The minimum Gasteiger partial charge on any atom is -0.344 e. The number of carbonyl (C=O) groups excluding carboxylic acids is 1. The van der Waals surface area contributed by atoms with Gasteiger partial charge in [-0.15, -0.1) is 0 Å². The van der Waals surface area contributed by atoms with Crippen molar-refractivity contribution in [2.75, 3.05) is 13.6 Å². The SMILES string of the molecule is CC(Br)CN(C)C(=O)C1CCC2CCCCC2C1. The number of amides is 1. The number of rotatable bonds is 3. The molecule has 2 nitrogen and oxygen atoms in total. The molecule has 0 N–H and O–H groups in total. The summed E-state index contributed by atoms with van der Waals surface area (Å²) in [5.41, 5.74) is 0. The monoisotopic (exact) mass is 315 g/mol. The average molecular weight is 316 g/mol. The lowest BCUT2D eigenvalue weighted by Crippen LogP contribution is -2.40. The molecular weight excluding hydrogens is 290 g/mol. The molecular formula is C15H26BrNO. The number of alkyl halides is 1. The summed E-state index contributed by atoms with van der Waals surface area (Å²) in [6.45, 7) is 2.92. The van der Waals surface area contributed by atoms with Crippen LogP contribution in [0.25, 0.3) is 0 Å². The van der Waals surface area contributed by atoms with Gasteiger partial charge in [0.25, 0.3) is 0 Å². The van der Waals surface area contributed by atoms with E-state index in [0.717, 1.165) is 31.2 Å². The van der Waals surface area contributed by atoms with E-state index in [1.54, 1.807) is 0 Å². The molecule has 0 aromatic carbocycles. The van der Waals surface area contributed by atoms with Gasteiger partial charge in [-0.25, -0.2) is 0 Å². The van der Waals surface area contributed by atoms with Gasteiger partial charge in [-0.05, 0) is 31.1 Å². The maximum absolute atomic E-state index is 12.4. The van der Waals surface area contributed by atoms with E-state index in [1.807, 2.05) is 11.9 Å². The van der Waals surface area contributed by atoms with E-state index in [2.05, 4.69) is 22.9 Å². The molecule has 0 radical (unpaired) electrons. The van der Waals surface area contributed by atoms with Crippen LogP contribution in [0.2, 0.25) is 0 Å². The number of nitrogens with zero attached hydrogens (tertiary/aromatic N) is 1. The first-order valence-electron chi connectivity index (χ1n) is 7.47. The molecule has 0 bridgehead atoms. The Balaban J connectivity index is 1.88. The Bertz CT molecular complexity index is 292. The van der Waals surface area contributed by atoms with E-state index in [0.29, 0.717) is 16.7 Å². The summed E-state index contributed by atoms with van der Waals surface area (Å²) in [7, 11) is 1.95. The number of halogens is 1. The Morgan fingerprint density at radius 3 is 2.56 bits per heavy atom. The molecule has 18 heavy (non-hydrogen) atoms. The predicted octanol–water partition coefficient (Wildman–Crippen LogP) is 3.83. The Morgan fingerprint density at radius 2 is 1.89 bits per heavy atom. The second kappa shape index (κ2) is 6.40. The van der Waals surface area contributed by atoms with E-state index < -0.39 is 0 Å². The zero-order chi connectivity index (χ0) is 13.1. The van der Waals surface area contributed by atoms with Crippen molar-refractivity contribution in [2.45, 2.75) is 56.7 Å². The van der Waals surface area contributed by atoms with Crippen LogP contribution in [-0.2, 0) is 4.79 Å². The molecule has 2 aliphatic rings. The number of hydrogen-bond acceptors (Lipinski definition) is 1. The van der Waals surface area contributed by atoms with Gasteiger partial charge in [0.05, 0.1) is 0 Å². The van der Waals surface area contributed by atoms with E-state index in [9.17, 15) is 4.79 Å². The van der Waals surface area contributed by atoms with Gasteiger partial charge in [0.1, 0.15) is 0 Å². The molecule has 0 heterocycles. The lowest BCUT2D eigenvalue weighted by Gasteiger charge is -2.39. The largest absolute Gasteiger partial charge is 0.344 e. The lowest BCUT2D eigenvalue weighted by atomic mass is 9.67. The summed E-state index contributed by atoms with van der Waals surface area (Å²) in [6.07, 6.45) is 9.16. The fourth-order valence-corrected chi connectivity index (χ4v) is 4.31. The topological polar surface area (TPSA) is 20.3 Å². The van der Waals surface area contributed by atoms with Gasteiger partial charge in [-0.3, -0.25) is 4.79 Å². The van der Waals surface area contributed by atoms with Crippen molar-refractivity contribution in [3.63, 3.8) is 0 Å². The number of fused-ring (bicyclic) bond motifs is 1. The Hall–Kier alpha value is -0.0500. The molecule has 2 aliphatic carbocycles. The van der Waals surface area contributed by atoms with Gasteiger partial charge in [0.2, 0.25) is 5.91 Å². The molecule has 104 valence electrons. The van der Waals surface area contributed by atoms with Crippen LogP contribution in [0, 0.1) is 17.8 Å². The first-order valence-corrected chi connectivity index (χ1v) is 8.38. The van der Waals surface area contributed by atoms with Gasteiger partial charge >= 0.3 is 0 Å². The Morgan fingerprint density at radius 1 is 1.22 bits per heavy atom. The van der Waals surface area contributed by atoms with E-state index in [-0.39, 0.29) is 0 Å². The molecule has 2 rings (SSSR count). The van der Waals surface area contributed by atoms with Crippen molar-refractivity contribution in [3.8, 4) is 0 Å². The minimum absolute atomic E-state index is 0.306. The highest BCUT2D eigenvalue weighted by atomic mass is 79.9. The maximum Gasteiger partial charge on any atom is 0.225 e. The Labute approximate surface area is 120 Å². The molecule has 0 aromatic rings. The fourth-order valence-electron chi connectivity index (χ4n) is 3.88.